The van der Waals surface area contributed by atoms with Crippen LogP contribution in [-0.2, 0) is 13.0 Å². The van der Waals surface area contributed by atoms with Crippen molar-refractivity contribution in [1.82, 2.24) is 24.7 Å². The topological polar surface area (TPSA) is 93.4 Å². The summed E-state index contributed by atoms with van der Waals surface area (Å²) in [5, 5.41) is 17.7. The predicted octanol–water partition coefficient (Wildman–Crippen LogP) is 3.62. The molecule has 0 N–H and O–H groups in total. The normalized spacial score (nSPS) is 11.0. The molecule has 0 saturated heterocycles. The van der Waals surface area contributed by atoms with E-state index in [4.69, 9.17) is 21.3 Å². The van der Waals surface area contributed by atoms with Gasteiger partial charge < -0.3 is 8.98 Å². The Morgan fingerprint density at radius 3 is 2.85 bits per heavy atom. The molecule has 0 saturated carbocycles. The molecule has 0 aliphatic rings. The van der Waals surface area contributed by atoms with Crippen molar-refractivity contribution in [3.8, 4) is 17.7 Å². The molecule has 7 nitrogen and oxygen atoms in total. The van der Waals surface area contributed by atoms with Gasteiger partial charge in [-0.25, -0.2) is 4.98 Å². The molecule has 3 heterocycles. The van der Waals surface area contributed by atoms with Crippen LogP contribution in [0.4, 0.5) is 0 Å². The zero-order valence-corrected chi connectivity index (χ0v) is 14.6. The molecular weight excluding hydrogens is 352 g/mol. The summed E-state index contributed by atoms with van der Waals surface area (Å²) in [6, 6.07) is 11.1. The molecule has 128 valence electrons. The van der Waals surface area contributed by atoms with Crippen molar-refractivity contribution < 1.29 is 4.42 Å². The first-order chi connectivity index (χ1) is 12.7. The molecular formula is C18H13ClN6O. The van der Waals surface area contributed by atoms with Gasteiger partial charge in [0.2, 0.25) is 5.89 Å². The summed E-state index contributed by atoms with van der Waals surface area (Å²) >= 11 is 6.31. The van der Waals surface area contributed by atoms with Crippen molar-refractivity contribution in [2.24, 2.45) is 0 Å². The molecule has 4 rings (SSSR count). The molecule has 0 atom stereocenters. The quantitative estimate of drug-likeness (QED) is 0.549. The zero-order valence-electron chi connectivity index (χ0n) is 13.8. The SMILES string of the molecule is CCc1nc2c(Cl)c(C#N)ccc2n1Cc1nnc(-c2ccccn2)o1. The fourth-order valence-electron chi connectivity index (χ4n) is 2.79. The lowest BCUT2D eigenvalue weighted by molar-refractivity contribution is 0.486. The largest absolute Gasteiger partial charge is 0.417 e. The average molecular weight is 365 g/mol. The van der Waals surface area contributed by atoms with Gasteiger partial charge >= 0.3 is 0 Å². The summed E-state index contributed by atoms with van der Waals surface area (Å²) in [5.41, 5.74) is 2.45. The molecule has 0 radical (unpaired) electrons. The maximum atomic E-state index is 9.15. The Bertz CT molecular complexity index is 1130. The number of aromatic nitrogens is 5. The number of nitrogens with zero attached hydrogens (tertiary/aromatic N) is 6. The number of hydrogen-bond donors (Lipinski definition) is 0. The van der Waals surface area contributed by atoms with E-state index in [1.807, 2.05) is 35.8 Å². The Balaban J connectivity index is 1.75. The third-order valence-corrected chi connectivity index (χ3v) is 4.40. The lowest BCUT2D eigenvalue weighted by Gasteiger charge is -2.05. The van der Waals surface area contributed by atoms with E-state index in [9.17, 15) is 0 Å². The molecule has 0 spiro atoms. The van der Waals surface area contributed by atoms with E-state index in [2.05, 4.69) is 26.2 Å². The van der Waals surface area contributed by atoms with E-state index >= 15 is 0 Å². The van der Waals surface area contributed by atoms with Crippen LogP contribution in [0.5, 0.6) is 0 Å². The summed E-state index contributed by atoms with van der Waals surface area (Å²) in [4.78, 5) is 8.79. The van der Waals surface area contributed by atoms with Gasteiger partial charge in [0.05, 0.1) is 16.1 Å². The third kappa shape index (κ3) is 2.70. The maximum Gasteiger partial charge on any atom is 0.266 e. The number of imidazole rings is 1. The van der Waals surface area contributed by atoms with Crippen LogP contribution in [0, 0.1) is 11.3 Å². The van der Waals surface area contributed by atoms with Gasteiger partial charge in [0.1, 0.15) is 29.6 Å². The molecule has 0 bridgehead atoms. The molecule has 26 heavy (non-hydrogen) atoms. The van der Waals surface area contributed by atoms with Gasteiger partial charge in [0.25, 0.3) is 5.89 Å². The van der Waals surface area contributed by atoms with Crippen LogP contribution in [0.1, 0.15) is 24.2 Å². The van der Waals surface area contributed by atoms with Crippen molar-refractivity contribution >= 4 is 22.6 Å². The van der Waals surface area contributed by atoms with Gasteiger partial charge in [-0.15, -0.1) is 10.2 Å². The number of rotatable bonds is 4. The Kier molecular flexibility index (Phi) is 4.11. The third-order valence-electron chi connectivity index (χ3n) is 4.02. The molecule has 0 amide bonds. The van der Waals surface area contributed by atoms with Gasteiger partial charge in [0, 0.05) is 12.6 Å². The number of benzene rings is 1. The number of aryl methyl sites for hydroxylation is 1. The summed E-state index contributed by atoms with van der Waals surface area (Å²) in [7, 11) is 0. The van der Waals surface area contributed by atoms with Gasteiger partial charge in [-0.3, -0.25) is 4.98 Å². The highest BCUT2D eigenvalue weighted by Crippen LogP contribution is 2.28. The van der Waals surface area contributed by atoms with Crippen LogP contribution in [-0.4, -0.2) is 24.7 Å². The van der Waals surface area contributed by atoms with E-state index in [0.717, 1.165) is 11.3 Å². The lowest BCUT2D eigenvalue weighted by atomic mass is 10.2. The van der Waals surface area contributed by atoms with E-state index < -0.39 is 0 Å². The van der Waals surface area contributed by atoms with Gasteiger partial charge in [-0.2, -0.15) is 5.26 Å². The van der Waals surface area contributed by atoms with Crippen molar-refractivity contribution in [2.45, 2.75) is 19.9 Å². The molecule has 8 heteroatoms. The van der Waals surface area contributed by atoms with Crippen LogP contribution in [0.15, 0.2) is 40.9 Å². The van der Waals surface area contributed by atoms with Crippen LogP contribution < -0.4 is 0 Å². The second-order valence-electron chi connectivity index (χ2n) is 5.59. The Morgan fingerprint density at radius 1 is 1.23 bits per heavy atom. The van der Waals surface area contributed by atoms with E-state index in [1.54, 1.807) is 12.3 Å². The first-order valence-corrected chi connectivity index (χ1v) is 8.40. The fourth-order valence-corrected chi connectivity index (χ4v) is 3.03. The minimum Gasteiger partial charge on any atom is -0.417 e. The Hall–Kier alpha value is -3.24. The fraction of sp³-hybridized carbons (Fsp3) is 0.167. The first kappa shape index (κ1) is 16.2. The van der Waals surface area contributed by atoms with Gasteiger partial charge in [-0.1, -0.05) is 24.6 Å². The summed E-state index contributed by atoms with van der Waals surface area (Å²) in [6.07, 6.45) is 2.38. The zero-order chi connectivity index (χ0) is 18.1. The monoisotopic (exact) mass is 364 g/mol. The number of nitriles is 1. The molecule has 4 aromatic rings. The van der Waals surface area contributed by atoms with Crippen LogP contribution in [0.25, 0.3) is 22.6 Å². The molecule has 1 aromatic carbocycles. The van der Waals surface area contributed by atoms with Crippen molar-refractivity contribution in [2.75, 3.05) is 0 Å². The smallest absolute Gasteiger partial charge is 0.266 e. The summed E-state index contributed by atoms with van der Waals surface area (Å²) in [5.74, 6) is 1.64. The first-order valence-electron chi connectivity index (χ1n) is 8.02. The maximum absolute atomic E-state index is 9.15. The second kappa shape index (κ2) is 6.58. The Morgan fingerprint density at radius 2 is 2.12 bits per heavy atom. The number of halogens is 1. The standard InChI is InChI=1S/C18H13ClN6O/c1-2-14-22-17-13(7-6-11(9-20)16(17)19)25(14)10-15-23-24-18(26-15)12-5-3-4-8-21-12/h3-8H,2,10H2,1H3. The van der Waals surface area contributed by atoms with E-state index in [1.165, 1.54) is 0 Å². The van der Waals surface area contributed by atoms with Gasteiger partial charge in [-0.05, 0) is 24.3 Å². The molecule has 3 aromatic heterocycles. The van der Waals surface area contributed by atoms with Crippen LogP contribution in [0.2, 0.25) is 5.02 Å². The van der Waals surface area contributed by atoms with Crippen molar-refractivity contribution in [3.05, 3.63) is 58.8 Å². The molecule has 0 aliphatic carbocycles. The lowest BCUT2D eigenvalue weighted by Crippen LogP contribution is -2.04. The molecule has 0 aliphatic heterocycles. The highest BCUT2D eigenvalue weighted by molar-refractivity contribution is 6.36. The summed E-state index contributed by atoms with van der Waals surface area (Å²) in [6.45, 7) is 2.37. The minimum absolute atomic E-state index is 0.359. The highest BCUT2D eigenvalue weighted by Gasteiger charge is 2.17. The number of hydrogen-bond acceptors (Lipinski definition) is 6. The minimum atomic E-state index is 0.359. The predicted molar refractivity (Wildman–Crippen MR) is 95.5 cm³/mol. The number of fused-ring (bicyclic) bond motifs is 1. The highest BCUT2D eigenvalue weighted by atomic mass is 35.5. The van der Waals surface area contributed by atoms with E-state index in [-0.39, 0.29) is 0 Å². The van der Waals surface area contributed by atoms with Crippen molar-refractivity contribution in [1.29, 1.82) is 5.26 Å². The summed E-state index contributed by atoms with van der Waals surface area (Å²) < 4.78 is 7.72. The average Bonchev–Trinajstić information content (AvgIpc) is 3.29. The Labute approximate surface area is 153 Å². The molecule has 0 fully saturated rings. The van der Waals surface area contributed by atoms with Gasteiger partial charge in [0.15, 0.2) is 0 Å². The van der Waals surface area contributed by atoms with Crippen LogP contribution in [0.3, 0.4) is 0 Å². The van der Waals surface area contributed by atoms with Crippen molar-refractivity contribution in [3.63, 3.8) is 0 Å². The number of pyridine rings is 1. The van der Waals surface area contributed by atoms with E-state index in [0.29, 0.717) is 46.5 Å². The van der Waals surface area contributed by atoms with Crippen LogP contribution >= 0.6 is 11.6 Å². The molecule has 0 unspecified atom stereocenters. The second-order valence-corrected chi connectivity index (χ2v) is 5.97.